The highest BCUT2D eigenvalue weighted by atomic mass is 16.6. The number of ether oxygens (including phenoxy) is 4. The lowest BCUT2D eigenvalue weighted by atomic mass is 10.1. The van der Waals surface area contributed by atoms with Crippen molar-refractivity contribution in [1.82, 2.24) is 0 Å². The van der Waals surface area contributed by atoms with E-state index in [1.54, 1.807) is 18.2 Å². The van der Waals surface area contributed by atoms with E-state index in [1.807, 2.05) is 30.3 Å². The summed E-state index contributed by atoms with van der Waals surface area (Å²) in [4.78, 5) is 22.9. The molecule has 0 aliphatic carbocycles. The Morgan fingerprint density at radius 1 is 1.04 bits per heavy atom. The third-order valence-corrected chi connectivity index (χ3v) is 3.31. The predicted octanol–water partition coefficient (Wildman–Crippen LogP) is 2.57. The number of benzene rings is 2. The van der Waals surface area contributed by atoms with Gasteiger partial charge in [0.2, 0.25) is 6.10 Å². The zero-order valence-electron chi connectivity index (χ0n) is 13.4. The van der Waals surface area contributed by atoms with Crippen molar-refractivity contribution in [2.75, 3.05) is 14.2 Å². The first-order valence-corrected chi connectivity index (χ1v) is 7.15. The molecule has 0 saturated carbocycles. The van der Waals surface area contributed by atoms with Gasteiger partial charge < -0.3 is 18.9 Å². The first kappa shape index (κ1) is 17.3. The van der Waals surface area contributed by atoms with E-state index in [2.05, 4.69) is 0 Å². The molecular formula is C18H17O6. The first-order chi connectivity index (χ1) is 11.7. The fraction of sp³-hybridized carbons (Fsp3) is 0.222. The summed E-state index contributed by atoms with van der Waals surface area (Å²) >= 11 is 0. The lowest BCUT2D eigenvalue weighted by molar-refractivity contribution is -0.154. The summed E-state index contributed by atoms with van der Waals surface area (Å²) < 4.78 is 20.3. The maximum absolute atomic E-state index is 12.3. The Bertz CT molecular complexity index is 683. The fourth-order valence-electron chi connectivity index (χ4n) is 2.12. The minimum atomic E-state index is -1.23. The molecule has 125 valence electrons. The SMILES string of the molecule is COc1ccc(C(O[C]=O)C(=O)OCc2ccccc2)cc1OC. The zero-order chi connectivity index (χ0) is 17.4. The van der Waals surface area contributed by atoms with Crippen LogP contribution in [0.2, 0.25) is 0 Å². The van der Waals surface area contributed by atoms with Gasteiger partial charge in [-0.3, -0.25) is 0 Å². The van der Waals surface area contributed by atoms with E-state index in [0.29, 0.717) is 17.1 Å². The molecular weight excluding hydrogens is 312 g/mol. The summed E-state index contributed by atoms with van der Waals surface area (Å²) in [5.74, 6) is 0.201. The van der Waals surface area contributed by atoms with Gasteiger partial charge in [0.25, 0.3) is 0 Å². The molecule has 0 amide bonds. The van der Waals surface area contributed by atoms with Gasteiger partial charge in [0, 0.05) is 5.56 Å². The summed E-state index contributed by atoms with van der Waals surface area (Å²) in [5.41, 5.74) is 1.22. The van der Waals surface area contributed by atoms with Crippen LogP contribution in [0.25, 0.3) is 0 Å². The van der Waals surface area contributed by atoms with Crippen LogP contribution in [0.4, 0.5) is 0 Å². The molecule has 2 aromatic rings. The lowest BCUT2D eigenvalue weighted by Gasteiger charge is -2.16. The molecule has 0 N–H and O–H groups in total. The molecule has 0 fully saturated rings. The lowest BCUT2D eigenvalue weighted by Crippen LogP contribution is -2.18. The maximum Gasteiger partial charge on any atom is 0.418 e. The van der Waals surface area contributed by atoms with Crippen molar-refractivity contribution in [3.8, 4) is 11.5 Å². The quantitative estimate of drug-likeness (QED) is 0.693. The van der Waals surface area contributed by atoms with E-state index in [9.17, 15) is 9.59 Å². The molecule has 6 nitrogen and oxygen atoms in total. The number of methoxy groups -OCH3 is 2. The zero-order valence-corrected chi connectivity index (χ0v) is 13.4. The number of esters is 1. The van der Waals surface area contributed by atoms with Gasteiger partial charge in [-0.25, -0.2) is 9.59 Å². The fourth-order valence-corrected chi connectivity index (χ4v) is 2.12. The summed E-state index contributed by atoms with van der Waals surface area (Å²) in [6.45, 7) is 1.36. The van der Waals surface area contributed by atoms with Gasteiger partial charge in [-0.2, -0.15) is 0 Å². The van der Waals surface area contributed by atoms with E-state index in [0.717, 1.165) is 5.56 Å². The molecule has 0 saturated heterocycles. The van der Waals surface area contributed by atoms with Crippen molar-refractivity contribution >= 4 is 12.4 Å². The van der Waals surface area contributed by atoms with Gasteiger partial charge >= 0.3 is 12.4 Å². The molecule has 24 heavy (non-hydrogen) atoms. The van der Waals surface area contributed by atoms with Crippen LogP contribution in [0.15, 0.2) is 48.5 Å². The normalized spacial score (nSPS) is 11.2. The number of carbonyl (C=O) groups excluding carboxylic acids is 2. The summed E-state index contributed by atoms with van der Waals surface area (Å²) in [6, 6.07) is 13.9. The van der Waals surface area contributed by atoms with Crippen LogP contribution in [0.3, 0.4) is 0 Å². The van der Waals surface area contributed by atoms with Crippen LogP contribution in [0.5, 0.6) is 11.5 Å². The van der Waals surface area contributed by atoms with E-state index in [1.165, 1.54) is 20.7 Å². The standard InChI is InChI=1S/C18H17O6/c1-21-15-9-8-14(10-16(15)22-2)17(24-12-19)18(20)23-11-13-6-4-3-5-7-13/h3-10,17H,11H2,1-2H3. The van der Waals surface area contributed by atoms with Crippen molar-refractivity contribution in [3.63, 3.8) is 0 Å². The molecule has 0 aliphatic heterocycles. The third-order valence-electron chi connectivity index (χ3n) is 3.31. The Labute approximate surface area is 139 Å². The van der Waals surface area contributed by atoms with Crippen LogP contribution < -0.4 is 9.47 Å². The van der Waals surface area contributed by atoms with Crippen molar-refractivity contribution in [2.24, 2.45) is 0 Å². The average molecular weight is 329 g/mol. The summed E-state index contributed by atoms with van der Waals surface area (Å²) in [7, 11) is 2.97. The molecule has 0 spiro atoms. The summed E-state index contributed by atoms with van der Waals surface area (Å²) in [5, 5.41) is 0. The predicted molar refractivity (Wildman–Crippen MR) is 85.3 cm³/mol. The minimum Gasteiger partial charge on any atom is -0.493 e. The van der Waals surface area contributed by atoms with Crippen molar-refractivity contribution in [3.05, 3.63) is 59.7 Å². The van der Waals surface area contributed by atoms with E-state index in [4.69, 9.17) is 18.9 Å². The molecule has 0 aliphatic rings. The van der Waals surface area contributed by atoms with Crippen LogP contribution in [0, 0.1) is 0 Å². The number of rotatable bonds is 8. The van der Waals surface area contributed by atoms with Gasteiger partial charge in [-0.05, 0) is 17.7 Å². The smallest absolute Gasteiger partial charge is 0.418 e. The Balaban J connectivity index is 2.15. The molecule has 2 aromatic carbocycles. The van der Waals surface area contributed by atoms with Crippen LogP contribution >= 0.6 is 0 Å². The molecule has 0 bridgehead atoms. The van der Waals surface area contributed by atoms with Gasteiger partial charge in [0.05, 0.1) is 14.2 Å². The van der Waals surface area contributed by atoms with Crippen molar-refractivity contribution in [2.45, 2.75) is 12.7 Å². The Morgan fingerprint density at radius 3 is 2.38 bits per heavy atom. The summed E-state index contributed by atoms with van der Waals surface area (Å²) in [6.07, 6.45) is -1.23. The number of carbonyl (C=O) groups is 1. The molecule has 0 heterocycles. The van der Waals surface area contributed by atoms with Crippen LogP contribution in [-0.4, -0.2) is 26.7 Å². The number of hydrogen-bond donors (Lipinski definition) is 0. The second-order valence-electron chi connectivity index (χ2n) is 4.79. The van der Waals surface area contributed by atoms with E-state index in [-0.39, 0.29) is 6.61 Å². The van der Waals surface area contributed by atoms with Gasteiger partial charge in [0.1, 0.15) is 6.61 Å². The van der Waals surface area contributed by atoms with Crippen molar-refractivity contribution in [1.29, 1.82) is 0 Å². The third kappa shape index (κ3) is 4.25. The second-order valence-corrected chi connectivity index (χ2v) is 4.79. The van der Waals surface area contributed by atoms with Gasteiger partial charge in [0.15, 0.2) is 11.5 Å². The highest BCUT2D eigenvalue weighted by molar-refractivity contribution is 5.78. The van der Waals surface area contributed by atoms with E-state index < -0.39 is 12.1 Å². The minimum absolute atomic E-state index is 0.0751. The maximum atomic E-state index is 12.3. The Morgan fingerprint density at radius 2 is 1.75 bits per heavy atom. The second kappa shape index (κ2) is 8.57. The highest BCUT2D eigenvalue weighted by Crippen LogP contribution is 2.31. The van der Waals surface area contributed by atoms with Crippen LogP contribution in [-0.2, 0) is 25.7 Å². The monoisotopic (exact) mass is 329 g/mol. The molecule has 1 radical (unpaired) electrons. The van der Waals surface area contributed by atoms with Crippen LogP contribution in [0.1, 0.15) is 17.2 Å². The average Bonchev–Trinajstić information content (AvgIpc) is 2.64. The largest absolute Gasteiger partial charge is 0.493 e. The van der Waals surface area contributed by atoms with Gasteiger partial charge in [-0.1, -0.05) is 36.4 Å². The molecule has 1 atom stereocenters. The topological polar surface area (TPSA) is 71.1 Å². The Kier molecular flexibility index (Phi) is 6.19. The molecule has 0 aromatic heterocycles. The van der Waals surface area contributed by atoms with Crippen molar-refractivity contribution < 1.29 is 28.5 Å². The number of hydrogen-bond acceptors (Lipinski definition) is 6. The first-order valence-electron chi connectivity index (χ1n) is 7.15. The molecule has 2 rings (SSSR count). The van der Waals surface area contributed by atoms with E-state index >= 15 is 0 Å². The van der Waals surface area contributed by atoms with Gasteiger partial charge in [-0.15, -0.1) is 0 Å². The molecule has 6 heteroatoms. The highest BCUT2D eigenvalue weighted by Gasteiger charge is 2.25. The Hall–Kier alpha value is -3.02. The molecule has 1 unspecified atom stereocenters.